The highest BCUT2D eigenvalue weighted by atomic mass is 19.1. The highest BCUT2D eigenvalue weighted by molar-refractivity contribution is 5.85. The lowest BCUT2D eigenvalue weighted by molar-refractivity contribution is -0.122. The zero-order chi connectivity index (χ0) is 23.8. The van der Waals surface area contributed by atoms with Crippen LogP contribution in [0.15, 0.2) is 47.3 Å². The summed E-state index contributed by atoms with van der Waals surface area (Å²) in [6.07, 6.45) is 2.23. The number of nitrogens with zero attached hydrogens (tertiary/aromatic N) is 4. The molecule has 2 bridgehead atoms. The molecule has 178 valence electrons. The van der Waals surface area contributed by atoms with E-state index in [0.717, 1.165) is 44.7 Å². The van der Waals surface area contributed by atoms with E-state index in [-0.39, 0.29) is 35.4 Å². The number of anilines is 1. The van der Waals surface area contributed by atoms with Gasteiger partial charge in [-0.15, -0.1) is 0 Å². The van der Waals surface area contributed by atoms with Crippen molar-refractivity contribution in [3.8, 4) is 11.4 Å². The molecule has 1 N–H and O–H groups in total. The van der Waals surface area contributed by atoms with Gasteiger partial charge >= 0.3 is 0 Å². The standard InChI is InChI=1S/C26H30FN5O2/c1-17(2)28-24(33)16-32-25(20-5-3-4-6-22(20)27)29-23-8-7-19(15-21(23)26(32)34)31-14-13-30-11-9-18(31)10-12-30/h3-8,15,17-18H,9-14,16H2,1-2H3,(H,28,33). The highest BCUT2D eigenvalue weighted by Gasteiger charge is 2.29. The van der Waals surface area contributed by atoms with E-state index < -0.39 is 5.82 Å². The van der Waals surface area contributed by atoms with Gasteiger partial charge in [0.05, 0.1) is 16.5 Å². The first-order valence-corrected chi connectivity index (χ1v) is 12.0. The third kappa shape index (κ3) is 4.30. The van der Waals surface area contributed by atoms with Gasteiger partial charge in [-0.05, 0) is 57.0 Å². The highest BCUT2D eigenvalue weighted by Crippen LogP contribution is 2.29. The number of piperidine rings is 1. The number of hydrogen-bond donors (Lipinski definition) is 1. The topological polar surface area (TPSA) is 70.5 Å². The van der Waals surface area contributed by atoms with Crippen molar-refractivity contribution in [2.24, 2.45) is 0 Å². The van der Waals surface area contributed by atoms with Crippen molar-refractivity contribution in [1.29, 1.82) is 0 Å². The van der Waals surface area contributed by atoms with E-state index in [0.29, 0.717) is 16.9 Å². The molecule has 0 atom stereocenters. The summed E-state index contributed by atoms with van der Waals surface area (Å²) in [5.41, 5.74) is 1.35. The largest absolute Gasteiger partial charge is 0.367 e. The molecule has 3 saturated heterocycles. The van der Waals surface area contributed by atoms with Crippen molar-refractivity contribution in [2.75, 3.05) is 31.1 Å². The Bertz CT molecular complexity index is 1280. The van der Waals surface area contributed by atoms with Gasteiger partial charge in [0.15, 0.2) is 0 Å². The monoisotopic (exact) mass is 463 g/mol. The van der Waals surface area contributed by atoms with E-state index in [1.54, 1.807) is 18.2 Å². The normalized spacial score (nSPS) is 20.1. The zero-order valence-corrected chi connectivity index (χ0v) is 19.6. The number of halogens is 1. The van der Waals surface area contributed by atoms with Gasteiger partial charge in [-0.3, -0.25) is 14.2 Å². The molecule has 2 aromatic carbocycles. The molecule has 0 saturated carbocycles. The number of benzene rings is 2. The molecular weight excluding hydrogens is 433 g/mol. The summed E-state index contributed by atoms with van der Waals surface area (Å²) in [6.45, 7) is 7.64. The van der Waals surface area contributed by atoms with Gasteiger partial charge in [-0.25, -0.2) is 9.37 Å². The molecule has 0 spiro atoms. The molecule has 34 heavy (non-hydrogen) atoms. The van der Waals surface area contributed by atoms with E-state index in [1.165, 1.54) is 10.6 Å². The smallest absolute Gasteiger partial charge is 0.262 e. The van der Waals surface area contributed by atoms with E-state index in [1.807, 2.05) is 32.0 Å². The van der Waals surface area contributed by atoms with Crippen LogP contribution in [0, 0.1) is 5.82 Å². The van der Waals surface area contributed by atoms with E-state index >= 15 is 0 Å². The Morgan fingerprint density at radius 1 is 1.12 bits per heavy atom. The molecule has 0 aliphatic carbocycles. The van der Waals surface area contributed by atoms with Crippen LogP contribution in [0.1, 0.15) is 26.7 Å². The summed E-state index contributed by atoms with van der Waals surface area (Å²) in [5.74, 6) is -0.646. The third-order valence-corrected chi connectivity index (χ3v) is 6.79. The number of carbonyl (C=O) groups excluding carboxylic acids is 1. The van der Waals surface area contributed by atoms with Crippen LogP contribution in [-0.2, 0) is 11.3 Å². The number of aromatic nitrogens is 2. The molecule has 1 amide bonds. The second-order valence-electron chi connectivity index (χ2n) is 9.50. The van der Waals surface area contributed by atoms with Gasteiger partial charge < -0.3 is 15.1 Å². The van der Waals surface area contributed by atoms with Crippen molar-refractivity contribution in [1.82, 2.24) is 19.8 Å². The minimum atomic E-state index is -0.487. The molecule has 3 aromatic rings. The number of fused-ring (bicyclic) bond motifs is 5. The minimum absolute atomic E-state index is 0.0749. The SMILES string of the molecule is CC(C)NC(=O)Cn1c(-c2ccccc2F)nc2ccc(N3CCN4CCC3CC4)cc2c1=O. The molecule has 7 nitrogen and oxygen atoms in total. The fourth-order valence-electron chi connectivity index (χ4n) is 5.12. The first-order chi connectivity index (χ1) is 16.4. The Labute approximate surface area is 198 Å². The molecule has 0 radical (unpaired) electrons. The third-order valence-electron chi connectivity index (χ3n) is 6.79. The summed E-state index contributed by atoms with van der Waals surface area (Å²) >= 11 is 0. The number of rotatable bonds is 5. The second-order valence-corrected chi connectivity index (χ2v) is 9.50. The zero-order valence-electron chi connectivity index (χ0n) is 19.6. The first-order valence-electron chi connectivity index (χ1n) is 12.0. The average molecular weight is 464 g/mol. The maximum atomic E-state index is 14.7. The molecule has 1 aromatic heterocycles. The molecule has 8 heteroatoms. The predicted molar refractivity (Wildman–Crippen MR) is 131 cm³/mol. The van der Waals surface area contributed by atoms with Crippen molar-refractivity contribution in [2.45, 2.75) is 45.3 Å². The summed E-state index contributed by atoms with van der Waals surface area (Å²) in [6, 6.07) is 12.3. The maximum Gasteiger partial charge on any atom is 0.262 e. The molecule has 6 rings (SSSR count). The van der Waals surface area contributed by atoms with Crippen molar-refractivity contribution in [3.05, 3.63) is 58.6 Å². The molecule has 3 fully saturated rings. The molecule has 3 aliphatic heterocycles. The van der Waals surface area contributed by atoms with Gasteiger partial charge in [0.25, 0.3) is 5.56 Å². The fourth-order valence-corrected chi connectivity index (χ4v) is 5.12. The lowest BCUT2D eigenvalue weighted by Gasteiger charge is -2.33. The van der Waals surface area contributed by atoms with Crippen molar-refractivity contribution >= 4 is 22.5 Å². The lowest BCUT2D eigenvalue weighted by Crippen LogP contribution is -2.38. The lowest BCUT2D eigenvalue weighted by atomic mass is 10.0. The van der Waals surface area contributed by atoms with Gasteiger partial charge in [-0.2, -0.15) is 0 Å². The van der Waals surface area contributed by atoms with Gasteiger partial charge in [0.1, 0.15) is 18.2 Å². The van der Waals surface area contributed by atoms with Gasteiger partial charge in [0, 0.05) is 44.0 Å². The molecule has 3 aliphatic rings. The Kier molecular flexibility index (Phi) is 6.08. The van der Waals surface area contributed by atoms with Crippen molar-refractivity contribution < 1.29 is 9.18 Å². The summed E-state index contributed by atoms with van der Waals surface area (Å²) in [7, 11) is 0. The average Bonchev–Trinajstić information content (AvgIpc) is 3.15. The molecule has 4 heterocycles. The van der Waals surface area contributed by atoms with Crippen LogP contribution in [0.4, 0.5) is 10.1 Å². The van der Waals surface area contributed by atoms with E-state index in [4.69, 9.17) is 0 Å². The fraction of sp³-hybridized carbons (Fsp3) is 0.423. The maximum absolute atomic E-state index is 14.7. The van der Waals surface area contributed by atoms with Crippen LogP contribution in [0.25, 0.3) is 22.3 Å². The first kappa shape index (κ1) is 22.5. The van der Waals surface area contributed by atoms with Gasteiger partial charge in [-0.1, -0.05) is 12.1 Å². The van der Waals surface area contributed by atoms with Crippen LogP contribution in [0.2, 0.25) is 0 Å². The van der Waals surface area contributed by atoms with Crippen LogP contribution in [-0.4, -0.2) is 58.6 Å². The number of amides is 1. The van der Waals surface area contributed by atoms with Crippen LogP contribution in [0.3, 0.4) is 0 Å². The molecule has 0 unspecified atom stereocenters. The number of nitrogens with one attached hydrogen (secondary N) is 1. The Balaban J connectivity index is 1.63. The Morgan fingerprint density at radius 2 is 1.88 bits per heavy atom. The van der Waals surface area contributed by atoms with Gasteiger partial charge in [0.2, 0.25) is 5.91 Å². The predicted octanol–water partition coefficient (Wildman–Crippen LogP) is 3.01. The van der Waals surface area contributed by atoms with E-state index in [2.05, 4.69) is 20.1 Å². The Hall–Kier alpha value is -3.26. The summed E-state index contributed by atoms with van der Waals surface area (Å²) in [4.78, 5) is 35.9. The number of hydrogen-bond acceptors (Lipinski definition) is 5. The molecular formula is C26H30FN5O2. The van der Waals surface area contributed by atoms with Crippen molar-refractivity contribution in [3.63, 3.8) is 0 Å². The minimum Gasteiger partial charge on any atom is -0.367 e. The van der Waals surface area contributed by atoms with Crippen LogP contribution >= 0.6 is 0 Å². The van der Waals surface area contributed by atoms with Crippen LogP contribution < -0.4 is 15.8 Å². The Morgan fingerprint density at radius 3 is 2.62 bits per heavy atom. The number of carbonyl (C=O) groups is 1. The quantitative estimate of drug-likeness (QED) is 0.630. The van der Waals surface area contributed by atoms with E-state index in [9.17, 15) is 14.0 Å². The summed E-state index contributed by atoms with van der Waals surface area (Å²) in [5, 5.41) is 3.25. The van der Waals surface area contributed by atoms with Crippen LogP contribution in [0.5, 0.6) is 0 Å². The second kappa shape index (κ2) is 9.18. The summed E-state index contributed by atoms with van der Waals surface area (Å²) < 4.78 is 16.0.